The van der Waals surface area contributed by atoms with Crippen molar-refractivity contribution in [2.75, 3.05) is 18.4 Å². The number of aryl methyl sites for hydroxylation is 1. The molecule has 0 bridgehead atoms. The van der Waals surface area contributed by atoms with Crippen molar-refractivity contribution in [1.82, 2.24) is 20.0 Å². The summed E-state index contributed by atoms with van der Waals surface area (Å²) >= 11 is 0. The molecule has 3 heterocycles. The monoisotopic (exact) mass is 401 g/mol. The van der Waals surface area contributed by atoms with Crippen molar-refractivity contribution < 1.29 is 14.4 Å². The average Bonchev–Trinajstić information content (AvgIpc) is 3.32. The number of phenolic OH excluding ortho intramolecular Hbond substituents is 1. The number of anilines is 1. The van der Waals surface area contributed by atoms with E-state index in [4.69, 9.17) is 4.52 Å². The second kappa shape index (κ2) is 7.14. The van der Waals surface area contributed by atoms with E-state index in [1.807, 2.05) is 24.3 Å². The highest BCUT2D eigenvalue weighted by molar-refractivity contribution is 5.99. The number of phenols is 1. The van der Waals surface area contributed by atoms with E-state index in [0.29, 0.717) is 36.9 Å². The van der Waals surface area contributed by atoms with Gasteiger partial charge in [-0.15, -0.1) is 0 Å². The van der Waals surface area contributed by atoms with Crippen molar-refractivity contribution in [2.45, 2.75) is 13.5 Å². The fourth-order valence-electron chi connectivity index (χ4n) is 3.70. The quantitative estimate of drug-likeness (QED) is 0.528. The third kappa shape index (κ3) is 3.22. The molecule has 0 radical (unpaired) electrons. The van der Waals surface area contributed by atoms with Gasteiger partial charge in [-0.3, -0.25) is 4.79 Å². The zero-order valence-electron chi connectivity index (χ0n) is 16.3. The van der Waals surface area contributed by atoms with Crippen LogP contribution < -0.4 is 5.32 Å². The van der Waals surface area contributed by atoms with Crippen molar-refractivity contribution in [3.8, 4) is 17.1 Å². The van der Waals surface area contributed by atoms with E-state index in [9.17, 15) is 9.90 Å². The molecule has 1 aliphatic heterocycles. The number of fused-ring (bicyclic) bond motifs is 2. The summed E-state index contributed by atoms with van der Waals surface area (Å²) < 4.78 is 5.08. The molecule has 0 aliphatic carbocycles. The number of hydrogen-bond donors (Lipinski definition) is 2. The molecule has 150 valence electrons. The topological polar surface area (TPSA) is 104 Å². The van der Waals surface area contributed by atoms with Gasteiger partial charge in [0.25, 0.3) is 5.91 Å². The summed E-state index contributed by atoms with van der Waals surface area (Å²) in [5, 5.41) is 18.9. The first-order valence-electron chi connectivity index (χ1n) is 9.63. The van der Waals surface area contributed by atoms with Crippen molar-refractivity contribution in [2.24, 2.45) is 0 Å². The number of amides is 1. The minimum Gasteiger partial charge on any atom is -0.508 e. The molecule has 8 heteroatoms. The van der Waals surface area contributed by atoms with Crippen LogP contribution in [0.5, 0.6) is 5.75 Å². The van der Waals surface area contributed by atoms with Crippen molar-refractivity contribution in [3.63, 3.8) is 0 Å². The Kier molecular flexibility index (Phi) is 4.31. The van der Waals surface area contributed by atoms with E-state index < -0.39 is 0 Å². The van der Waals surface area contributed by atoms with Crippen LogP contribution in [-0.2, 0) is 6.54 Å². The molecule has 0 saturated heterocycles. The van der Waals surface area contributed by atoms with E-state index in [1.165, 1.54) is 6.07 Å². The average molecular weight is 401 g/mol. The van der Waals surface area contributed by atoms with Gasteiger partial charge in [-0.2, -0.15) is 4.98 Å². The van der Waals surface area contributed by atoms with E-state index in [0.717, 1.165) is 27.7 Å². The number of benzene rings is 2. The Morgan fingerprint density at radius 2 is 2.10 bits per heavy atom. The molecule has 0 saturated carbocycles. The normalized spacial score (nSPS) is 13.1. The van der Waals surface area contributed by atoms with Crippen LogP contribution in [0.4, 0.5) is 5.82 Å². The van der Waals surface area contributed by atoms with E-state index in [2.05, 4.69) is 20.4 Å². The Morgan fingerprint density at radius 1 is 1.20 bits per heavy atom. The first kappa shape index (κ1) is 18.1. The summed E-state index contributed by atoms with van der Waals surface area (Å²) in [4.78, 5) is 23.1. The van der Waals surface area contributed by atoms with Gasteiger partial charge < -0.3 is 19.8 Å². The second-order valence-electron chi connectivity index (χ2n) is 7.23. The van der Waals surface area contributed by atoms with Crippen LogP contribution in [0, 0.1) is 6.92 Å². The van der Waals surface area contributed by atoms with Crippen molar-refractivity contribution in [3.05, 3.63) is 65.7 Å². The highest BCUT2D eigenvalue weighted by Gasteiger charge is 2.27. The predicted octanol–water partition coefficient (Wildman–Crippen LogP) is 3.37. The summed E-state index contributed by atoms with van der Waals surface area (Å²) in [5.41, 5.74) is 2.35. The van der Waals surface area contributed by atoms with Crippen LogP contribution in [0.1, 0.15) is 21.8 Å². The molecule has 2 aromatic heterocycles. The first-order chi connectivity index (χ1) is 14.6. The fourth-order valence-corrected chi connectivity index (χ4v) is 3.70. The van der Waals surface area contributed by atoms with E-state index in [1.54, 1.807) is 30.2 Å². The maximum atomic E-state index is 12.6. The lowest BCUT2D eigenvalue weighted by molar-refractivity contribution is 0.0784. The Bertz CT molecular complexity index is 1270. The van der Waals surface area contributed by atoms with Gasteiger partial charge in [-0.25, -0.2) is 4.98 Å². The lowest BCUT2D eigenvalue weighted by Gasteiger charge is -2.16. The number of rotatable bonds is 5. The van der Waals surface area contributed by atoms with Crippen LogP contribution in [-0.4, -0.2) is 44.1 Å². The van der Waals surface area contributed by atoms with Crippen LogP contribution in [0.3, 0.4) is 0 Å². The van der Waals surface area contributed by atoms with Crippen LogP contribution >= 0.6 is 0 Å². The molecule has 0 fully saturated rings. The SMILES string of the molecule is Cc1nc(-c2ccc3ccnc(NCCN4Cc5ccc(O)cc5C4=O)c3c2)no1. The molecule has 8 nitrogen and oxygen atoms in total. The molecule has 0 spiro atoms. The van der Waals surface area contributed by atoms with E-state index >= 15 is 0 Å². The van der Waals surface area contributed by atoms with Gasteiger partial charge in [0.1, 0.15) is 11.6 Å². The summed E-state index contributed by atoms with van der Waals surface area (Å²) in [6.07, 6.45) is 1.75. The van der Waals surface area contributed by atoms with Crippen LogP contribution in [0.15, 0.2) is 53.2 Å². The van der Waals surface area contributed by atoms with E-state index in [-0.39, 0.29) is 11.7 Å². The van der Waals surface area contributed by atoms with Gasteiger partial charge in [-0.1, -0.05) is 23.4 Å². The molecule has 1 amide bonds. The number of nitrogens with one attached hydrogen (secondary N) is 1. The molecule has 0 unspecified atom stereocenters. The number of nitrogens with zero attached hydrogens (tertiary/aromatic N) is 4. The minimum atomic E-state index is -0.0664. The third-order valence-corrected chi connectivity index (χ3v) is 5.20. The van der Waals surface area contributed by atoms with Crippen LogP contribution in [0.2, 0.25) is 0 Å². The summed E-state index contributed by atoms with van der Waals surface area (Å²) in [6.45, 7) is 3.37. The molecular weight excluding hydrogens is 382 g/mol. The van der Waals surface area contributed by atoms with Crippen molar-refractivity contribution >= 4 is 22.5 Å². The number of aromatic nitrogens is 3. The summed E-state index contributed by atoms with van der Waals surface area (Å²) in [7, 11) is 0. The Hall–Kier alpha value is -3.94. The number of carbonyl (C=O) groups is 1. The van der Waals surface area contributed by atoms with Gasteiger partial charge >= 0.3 is 0 Å². The standard InChI is InChI=1S/C22H19N5O3/c1-13-25-20(26-30-13)15-3-2-14-6-7-23-21(18(14)10-15)24-8-9-27-12-16-4-5-17(28)11-19(16)22(27)29/h2-7,10-11,28H,8-9,12H2,1H3,(H,23,24). The largest absolute Gasteiger partial charge is 0.508 e. The van der Waals surface area contributed by atoms with Gasteiger partial charge in [0.05, 0.1) is 0 Å². The smallest absolute Gasteiger partial charge is 0.254 e. The molecular formula is C22H19N5O3. The Morgan fingerprint density at radius 3 is 2.93 bits per heavy atom. The van der Waals surface area contributed by atoms with Gasteiger partial charge in [0, 0.05) is 49.3 Å². The Labute approximate surface area is 172 Å². The molecule has 5 rings (SSSR count). The Balaban J connectivity index is 1.33. The molecule has 0 atom stereocenters. The maximum Gasteiger partial charge on any atom is 0.254 e. The molecule has 4 aromatic rings. The lowest BCUT2D eigenvalue weighted by Crippen LogP contribution is -2.29. The number of carbonyl (C=O) groups excluding carboxylic acids is 1. The molecule has 2 aromatic carbocycles. The number of aromatic hydroxyl groups is 1. The first-order valence-corrected chi connectivity index (χ1v) is 9.63. The van der Waals surface area contributed by atoms with Gasteiger partial charge in [0.15, 0.2) is 0 Å². The fraction of sp³-hybridized carbons (Fsp3) is 0.182. The highest BCUT2D eigenvalue weighted by Crippen LogP contribution is 2.28. The molecule has 30 heavy (non-hydrogen) atoms. The maximum absolute atomic E-state index is 12.6. The minimum absolute atomic E-state index is 0.0664. The molecule has 2 N–H and O–H groups in total. The highest BCUT2D eigenvalue weighted by atomic mass is 16.5. The zero-order valence-corrected chi connectivity index (χ0v) is 16.3. The summed E-state index contributed by atoms with van der Waals surface area (Å²) in [6, 6.07) is 12.8. The summed E-state index contributed by atoms with van der Waals surface area (Å²) in [5.74, 6) is 1.82. The van der Waals surface area contributed by atoms with Crippen molar-refractivity contribution in [1.29, 1.82) is 0 Å². The van der Waals surface area contributed by atoms with Gasteiger partial charge in [0.2, 0.25) is 11.7 Å². The number of pyridine rings is 1. The third-order valence-electron chi connectivity index (χ3n) is 5.20. The molecule has 1 aliphatic rings. The predicted molar refractivity (Wildman–Crippen MR) is 111 cm³/mol. The second-order valence-corrected chi connectivity index (χ2v) is 7.23. The van der Waals surface area contributed by atoms with Gasteiger partial charge in [-0.05, 0) is 35.2 Å². The lowest BCUT2D eigenvalue weighted by atomic mass is 10.1. The zero-order chi connectivity index (χ0) is 20.7. The van der Waals surface area contributed by atoms with Crippen LogP contribution in [0.25, 0.3) is 22.2 Å². The number of hydrogen-bond acceptors (Lipinski definition) is 7.